The molecular weight excluding hydrogens is 443 g/mol. The smallest absolute Gasteiger partial charge is 0.338 e. The highest BCUT2D eigenvalue weighted by Crippen LogP contribution is 2.23. The minimum atomic E-state index is -1.24. The maximum atomic E-state index is 12.7. The molecule has 0 amide bonds. The van der Waals surface area contributed by atoms with Crippen LogP contribution in [0.5, 0.6) is 0 Å². The summed E-state index contributed by atoms with van der Waals surface area (Å²) in [6.45, 7) is 3.32. The average molecular weight is 470 g/mol. The number of rotatable bonds is 7. The number of cyclic esters (lactones) is 2. The lowest BCUT2D eigenvalue weighted by atomic mass is 10.0. The van der Waals surface area contributed by atoms with Crippen LogP contribution in [0.15, 0.2) is 43.0 Å². The molecule has 4 N–H and O–H groups in total. The molecule has 0 bridgehead atoms. The fourth-order valence-electron chi connectivity index (χ4n) is 3.21. The van der Waals surface area contributed by atoms with E-state index in [1.807, 2.05) is 0 Å². The highest BCUT2D eigenvalue weighted by molar-refractivity contribution is 5.78. The molecule has 0 spiro atoms. The molecule has 1 aromatic rings. The van der Waals surface area contributed by atoms with Crippen molar-refractivity contribution < 1.29 is 53.4 Å². The molecule has 3 rings (SSSR count). The van der Waals surface area contributed by atoms with Gasteiger partial charge in [0.15, 0.2) is 24.4 Å². The molecule has 0 saturated carbocycles. The zero-order chi connectivity index (χ0) is 24.7. The van der Waals surface area contributed by atoms with Gasteiger partial charge in [-0.3, -0.25) is 0 Å². The first-order valence-corrected chi connectivity index (χ1v) is 9.89. The minimum Gasteiger partial charge on any atom is -0.454 e. The van der Waals surface area contributed by atoms with Crippen molar-refractivity contribution in [2.75, 3.05) is 14.2 Å². The van der Waals surface area contributed by atoms with Crippen LogP contribution in [0.4, 0.5) is 4.39 Å². The van der Waals surface area contributed by atoms with Gasteiger partial charge in [0, 0.05) is 14.2 Å². The number of methoxy groups -OCH3 is 2. The fraction of sp³-hybridized carbons (Fsp3) is 0.455. The summed E-state index contributed by atoms with van der Waals surface area (Å²) in [5.41, 5.74) is 0.674. The number of hydrogen-bond acceptors (Lipinski definition) is 10. The quantitative estimate of drug-likeness (QED) is 0.298. The molecule has 1 aromatic carbocycles. The van der Waals surface area contributed by atoms with Gasteiger partial charge in [0.1, 0.15) is 30.2 Å². The van der Waals surface area contributed by atoms with Crippen molar-refractivity contribution in [3.8, 4) is 0 Å². The number of ether oxygens (including phenoxy) is 4. The molecule has 11 heteroatoms. The summed E-state index contributed by atoms with van der Waals surface area (Å²) in [5.74, 6) is -1.73. The topological polar surface area (TPSA) is 152 Å². The Labute approximate surface area is 189 Å². The van der Waals surface area contributed by atoms with E-state index in [-0.39, 0.29) is 5.82 Å². The number of aliphatic hydroxyl groups is 4. The fourth-order valence-corrected chi connectivity index (χ4v) is 3.21. The molecular formula is C22H27FO10. The number of hydrogen-bond donors (Lipinski definition) is 4. The Morgan fingerprint density at radius 3 is 1.79 bits per heavy atom. The van der Waals surface area contributed by atoms with Gasteiger partial charge in [-0.15, -0.1) is 6.58 Å². The predicted octanol–water partition coefficient (Wildman–Crippen LogP) is -0.664. The summed E-state index contributed by atoms with van der Waals surface area (Å²) in [7, 11) is 2.57. The van der Waals surface area contributed by atoms with Gasteiger partial charge in [0.2, 0.25) is 0 Å². The molecule has 2 saturated heterocycles. The van der Waals surface area contributed by atoms with E-state index in [9.17, 15) is 34.4 Å². The van der Waals surface area contributed by atoms with E-state index in [2.05, 4.69) is 6.58 Å². The standard InChI is InChI=1S/C14H15FO5.C8H12O5/c1-19-13-11(17)12(20-14(13)18)10(16)7-4-8-2-5-9(15)6-3-8;1-3-4(9)6-5(10)7(12-2)8(11)13-6/h2-7,10-13,16-17H,1H3;3-7,9-10H,1H2,2H3/b7-4+;/t10-,11?,12?,13-;4-,5?,6?,7-/m11/s1. The maximum Gasteiger partial charge on any atom is 0.338 e. The van der Waals surface area contributed by atoms with Gasteiger partial charge in [0.05, 0.1) is 0 Å². The lowest BCUT2D eigenvalue weighted by Crippen LogP contribution is -2.38. The summed E-state index contributed by atoms with van der Waals surface area (Å²) < 4.78 is 31.8. The van der Waals surface area contributed by atoms with Crippen LogP contribution >= 0.6 is 0 Å². The van der Waals surface area contributed by atoms with Crippen LogP contribution in [0.1, 0.15) is 5.56 Å². The maximum absolute atomic E-state index is 12.7. The monoisotopic (exact) mass is 470 g/mol. The van der Waals surface area contributed by atoms with Crippen molar-refractivity contribution in [1.82, 2.24) is 0 Å². The molecule has 0 aromatic heterocycles. The molecule has 4 unspecified atom stereocenters. The largest absolute Gasteiger partial charge is 0.454 e. The van der Waals surface area contributed by atoms with E-state index in [1.165, 1.54) is 50.6 Å². The Hall–Kier alpha value is -2.67. The Kier molecular flexibility index (Phi) is 9.65. The van der Waals surface area contributed by atoms with Gasteiger partial charge < -0.3 is 39.4 Å². The molecule has 33 heavy (non-hydrogen) atoms. The number of benzene rings is 1. The summed E-state index contributed by atoms with van der Waals surface area (Å²) in [6, 6.07) is 5.65. The predicted molar refractivity (Wildman–Crippen MR) is 111 cm³/mol. The van der Waals surface area contributed by atoms with Crippen LogP contribution in [-0.2, 0) is 28.5 Å². The molecule has 0 radical (unpaired) electrons. The Morgan fingerprint density at radius 1 is 0.939 bits per heavy atom. The van der Waals surface area contributed by atoms with E-state index in [4.69, 9.17) is 18.9 Å². The van der Waals surface area contributed by atoms with Crippen LogP contribution in [0.3, 0.4) is 0 Å². The molecule has 8 atom stereocenters. The molecule has 182 valence electrons. The van der Waals surface area contributed by atoms with Crippen LogP contribution in [-0.4, -0.2) is 95.4 Å². The first-order valence-electron chi connectivity index (χ1n) is 9.89. The zero-order valence-electron chi connectivity index (χ0n) is 18.0. The number of carbonyl (C=O) groups excluding carboxylic acids is 2. The third-order valence-electron chi connectivity index (χ3n) is 5.04. The second kappa shape index (κ2) is 12.0. The second-order valence-corrected chi connectivity index (χ2v) is 7.22. The lowest BCUT2D eigenvalue weighted by molar-refractivity contribution is -0.151. The first kappa shape index (κ1) is 26.6. The van der Waals surface area contributed by atoms with Crippen LogP contribution < -0.4 is 0 Å². The number of halogens is 1. The van der Waals surface area contributed by atoms with Gasteiger partial charge >= 0.3 is 11.9 Å². The molecule has 2 aliphatic rings. The van der Waals surface area contributed by atoms with Gasteiger partial charge in [-0.1, -0.05) is 30.4 Å². The number of carbonyl (C=O) groups is 2. The normalized spacial score (nSPS) is 30.9. The van der Waals surface area contributed by atoms with E-state index in [0.717, 1.165) is 0 Å². The average Bonchev–Trinajstić information content (AvgIpc) is 3.26. The highest BCUT2D eigenvalue weighted by Gasteiger charge is 2.47. The third kappa shape index (κ3) is 6.44. The summed E-state index contributed by atoms with van der Waals surface area (Å²) >= 11 is 0. The lowest BCUT2D eigenvalue weighted by Gasteiger charge is -2.17. The van der Waals surface area contributed by atoms with E-state index in [1.54, 1.807) is 6.08 Å². The number of aliphatic hydroxyl groups excluding tert-OH is 4. The van der Waals surface area contributed by atoms with Crippen molar-refractivity contribution in [3.05, 3.63) is 54.4 Å². The second-order valence-electron chi connectivity index (χ2n) is 7.22. The first-order chi connectivity index (χ1) is 15.6. The van der Waals surface area contributed by atoms with Gasteiger partial charge in [-0.05, 0) is 17.7 Å². The molecule has 10 nitrogen and oxygen atoms in total. The highest BCUT2D eigenvalue weighted by atomic mass is 19.1. The Bertz CT molecular complexity index is 842. The van der Waals surface area contributed by atoms with Crippen LogP contribution in [0, 0.1) is 5.82 Å². The SMILES string of the molecule is C=C[C@@H](O)C1OC(=O)[C@H](OC)C1O.CO[C@H]1C(=O)OC([C@H](O)/C=C/c2ccc(F)cc2)C1O. The van der Waals surface area contributed by atoms with Crippen LogP contribution in [0.2, 0.25) is 0 Å². The van der Waals surface area contributed by atoms with Gasteiger partial charge in [-0.2, -0.15) is 0 Å². The third-order valence-corrected chi connectivity index (χ3v) is 5.04. The molecule has 2 fully saturated rings. The van der Waals surface area contributed by atoms with E-state index in [0.29, 0.717) is 5.56 Å². The molecule has 0 aliphatic carbocycles. The van der Waals surface area contributed by atoms with Crippen molar-refractivity contribution in [1.29, 1.82) is 0 Å². The van der Waals surface area contributed by atoms with E-state index < -0.39 is 60.8 Å². The van der Waals surface area contributed by atoms with E-state index >= 15 is 0 Å². The Morgan fingerprint density at radius 2 is 1.39 bits per heavy atom. The molecule has 2 heterocycles. The number of esters is 2. The van der Waals surface area contributed by atoms with Gasteiger partial charge in [-0.25, -0.2) is 14.0 Å². The van der Waals surface area contributed by atoms with Crippen molar-refractivity contribution >= 4 is 18.0 Å². The Balaban J connectivity index is 0.000000257. The van der Waals surface area contributed by atoms with Gasteiger partial charge in [0.25, 0.3) is 0 Å². The zero-order valence-corrected chi connectivity index (χ0v) is 18.0. The van der Waals surface area contributed by atoms with Crippen molar-refractivity contribution in [3.63, 3.8) is 0 Å². The van der Waals surface area contributed by atoms with Crippen molar-refractivity contribution in [2.24, 2.45) is 0 Å². The minimum absolute atomic E-state index is 0.356. The summed E-state index contributed by atoms with van der Waals surface area (Å²) in [4.78, 5) is 22.4. The summed E-state index contributed by atoms with van der Waals surface area (Å²) in [5, 5.41) is 38.4. The molecule has 2 aliphatic heterocycles. The van der Waals surface area contributed by atoms with Crippen LogP contribution in [0.25, 0.3) is 6.08 Å². The van der Waals surface area contributed by atoms with Crippen molar-refractivity contribution in [2.45, 2.75) is 48.8 Å². The summed E-state index contributed by atoms with van der Waals surface area (Å²) in [6.07, 6.45) is -4.69.